The summed E-state index contributed by atoms with van der Waals surface area (Å²) in [4.78, 5) is 45.0. The van der Waals surface area contributed by atoms with E-state index in [1.165, 1.54) is 23.0 Å². The summed E-state index contributed by atoms with van der Waals surface area (Å²) in [6.07, 6.45) is 1.74. The number of benzene rings is 3. The van der Waals surface area contributed by atoms with Crippen LogP contribution in [0.3, 0.4) is 0 Å². The zero-order valence-corrected chi connectivity index (χ0v) is 28.5. The first-order valence-corrected chi connectivity index (χ1v) is 16.3. The zero-order valence-electron chi connectivity index (χ0n) is 26.0. The lowest BCUT2D eigenvalue weighted by atomic mass is 9.95. The molecule has 0 saturated heterocycles. The third kappa shape index (κ3) is 6.45. The van der Waals surface area contributed by atoms with Crippen LogP contribution >= 0.6 is 27.3 Å². The van der Waals surface area contributed by atoms with Crippen LogP contribution in [0.15, 0.2) is 74.1 Å². The Kier molecular flexibility index (Phi) is 10.3. The topological polar surface area (TPSA) is 115 Å². The minimum absolute atomic E-state index is 0.149. The van der Waals surface area contributed by atoms with Crippen LogP contribution in [-0.4, -0.2) is 50.0 Å². The van der Waals surface area contributed by atoms with E-state index in [4.69, 9.17) is 23.7 Å². The van der Waals surface area contributed by atoms with Gasteiger partial charge in [0.05, 0.1) is 48.8 Å². The minimum Gasteiger partial charge on any atom is -0.493 e. The van der Waals surface area contributed by atoms with E-state index in [2.05, 4.69) is 20.9 Å². The van der Waals surface area contributed by atoms with E-state index < -0.39 is 18.0 Å². The SMILES string of the molecule is CCOC(=O)COc1ccc2ccccc2c1/C=c1/sc2n(c1=O)[C@H](c1cc(OC)c(OCC)cc1Br)C(C(=O)OCC)=C(C)N=2. The fraction of sp³-hybridized carbons (Fsp3) is 0.294. The van der Waals surface area contributed by atoms with Crippen molar-refractivity contribution in [2.45, 2.75) is 33.7 Å². The number of halogens is 1. The maximum absolute atomic E-state index is 14.4. The monoisotopic (exact) mass is 708 g/mol. The Morgan fingerprint density at radius 2 is 1.74 bits per heavy atom. The molecule has 0 unspecified atom stereocenters. The quantitative estimate of drug-likeness (QED) is 0.199. The summed E-state index contributed by atoms with van der Waals surface area (Å²) in [5.41, 5.74) is 1.51. The maximum Gasteiger partial charge on any atom is 0.344 e. The fourth-order valence-electron chi connectivity index (χ4n) is 5.29. The van der Waals surface area contributed by atoms with E-state index in [1.807, 2.05) is 37.3 Å². The zero-order chi connectivity index (χ0) is 33.0. The average molecular weight is 710 g/mol. The number of carbonyl (C=O) groups excluding carboxylic acids is 2. The first-order chi connectivity index (χ1) is 22.2. The molecule has 1 aliphatic heterocycles. The highest BCUT2D eigenvalue weighted by Gasteiger charge is 2.35. The molecule has 0 fully saturated rings. The average Bonchev–Trinajstić information content (AvgIpc) is 3.34. The van der Waals surface area contributed by atoms with Gasteiger partial charge in [-0.15, -0.1) is 0 Å². The highest BCUT2D eigenvalue weighted by molar-refractivity contribution is 9.10. The molecule has 0 aliphatic carbocycles. The van der Waals surface area contributed by atoms with Crippen molar-refractivity contribution in [2.75, 3.05) is 33.5 Å². The largest absolute Gasteiger partial charge is 0.493 e. The van der Waals surface area contributed by atoms with Crippen molar-refractivity contribution in [1.82, 2.24) is 4.57 Å². The normalized spacial score (nSPS) is 14.5. The molecule has 0 amide bonds. The number of hydrogen-bond acceptors (Lipinski definition) is 10. The minimum atomic E-state index is -0.886. The molecule has 3 aromatic carbocycles. The molecule has 46 heavy (non-hydrogen) atoms. The molecular weight excluding hydrogens is 676 g/mol. The Morgan fingerprint density at radius 1 is 0.978 bits per heavy atom. The highest BCUT2D eigenvalue weighted by atomic mass is 79.9. The maximum atomic E-state index is 14.4. The second-order valence-corrected chi connectivity index (χ2v) is 11.9. The number of carbonyl (C=O) groups is 2. The first-order valence-electron chi connectivity index (χ1n) is 14.7. The van der Waals surface area contributed by atoms with Gasteiger partial charge in [0.25, 0.3) is 5.56 Å². The van der Waals surface area contributed by atoms with Crippen LogP contribution in [0.5, 0.6) is 17.2 Å². The van der Waals surface area contributed by atoms with Gasteiger partial charge in [-0.3, -0.25) is 9.36 Å². The van der Waals surface area contributed by atoms with Crippen LogP contribution in [0, 0.1) is 0 Å². The summed E-state index contributed by atoms with van der Waals surface area (Å²) < 4.78 is 30.2. The summed E-state index contributed by atoms with van der Waals surface area (Å²) >= 11 is 4.84. The molecule has 0 spiro atoms. The van der Waals surface area contributed by atoms with Gasteiger partial charge in [-0.05, 0) is 68.3 Å². The number of ether oxygens (including phenoxy) is 5. The summed E-state index contributed by atoms with van der Waals surface area (Å²) in [6, 6.07) is 14.0. The van der Waals surface area contributed by atoms with Crippen molar-refractivity contribution in [3.8, 4) is 17.2 Å². The third-order valence-corrected chi connectivity index (χ3v) is 8.92. The first kappa shape index (κ1) is 33.0. The number of allylic oxidation sites excluding steroid dienone is 1. The molecule has 1 aliphatic rings. The molecule has 240 valence electrons. The summed E-state index contributed by atoms with van der Waals surface area (Å²) in [6.45, 7) is 7.56. The van der Waals surface area contributed by atoms with Crippen molar-refractivity contribution in [1.29, 1.82) is 0 Å². The van der Waals surface area contributed by atoms with Gasteiger partial charge >= 0.3 is 11.9 Å². The lowest BCUT2D eigenvalue weighted by Crippen LogP contribution is -2.40. The number of hydrogen-bond donors (Lipinski definition) is 0. The summed E-state index contributed by atoms with van der Waals surface area (Å²) in [5.74, 6) is 0.291. The Hall–Kier alpha value is -4.42. The molecule has 1 aromatic heterocycles. The van der Waals surface area contributed by atoms with Crippen molar-refractivity contribution in [3.63, 3.8) is 0 Å². The van der Waals surface area contributed by atoms with Crippen LogP contribution in [0.4, 0.5) is 0 Å². The summed E-state index contributed by atoms with van der Waals surface area (Å²) in [5, 5.41) is 1.75. The smallest absolute Gasteiger partial charge is 0.344 e. The number of aromatic nitrogens is 1. The van der Waals surface area contributed by atoms with Crippen LogP contribution in [-0.2, 0) is 19.1 Å². The third-order valence-electron chi connectivity index (χ3n) is 7.25. The number of nitrogens with zero attached hydrogens (tertiary/aromatic N) is 2. The van der Waals surface area contributed by atoms with Gasteiger partial charge in [0.15, 0.2) is 22.9 Å². The van der Waals surface area contributed by atoms with Crippen molar-refractivity contribution in [3.05, 3.63) is 95.1 Å². The number of thiazole rings is 1. The molecule has 1 atom stereocenters. The lowest BCUT2D eigenvalue weighted by molar-refractivity contribution is -0.145. The molecule has 0 saturated carbocycles. The fourth-order valence-corrected chi connectivity index (χ4v) is 6.86. The number of rotatable bonds is 11. The highest BCUT2D eigenvalue weighted by Crippen LogP contribution is 2.41. The molecule has 0 bridgehead atoms. The van der Waals surface area contributed by atoms with Crippen molar-refractivity contribution in [2.24, 2.45) is 4.99 Å². The Balaban J connectivity index is 1.75. The molecule has 0 N–H and O–H groups in total. The standard InChI is InChI=1S/C34H33BrN2O8S/c1-6-42-27-17-24(35)23(15-26(27)41-5)31-30(33(40)44-8-3)19(4)36-34-37(31)32(39)28(46-34)16-22-21-12-10-9-11-20(21)13-14-25(22)45-18-29(38)43-7-2/h9-17,31H,6-8,18H2,1-5H3/b28-16+/t31-/m1/s1. The van der Waals surface area contributed by atoms with Gasteiger partial charge in [-0.1, -0.05) is 57.6 Å². The van der Waals surface area contributed by atoms with E-state index in [0.717, 1.165) is 10.8 Å². The van der Waals surface area contributed by atoms with E-state index in [1.54, 1.807) is 45.0 Å². The predicted octanol–water partition coefficient (Wildman–Crippen LogP) is 5.06. The molecule has 0 radical (unpaired) electrons. The van der Waals surface area contributed by atoms with Crippen molar-refractivity contribution < 1.29 is 33.3 Å². The Morgan fingerprint density at radius 3 is 2.46 bits per heavy atom. The second-order valence-electron chi connectivity index (χ2n) is 10.1. The van der Waals surface area contributed by atoms with Gasteiger partial charge in [0.1, 0.15) is 5.75 Å². The van der Waals surface area contributed by atoms with E-state index in [9.17, 15) is 14.4 Å². The van der Waals surface area contributed by atoms with Crippen LogP contribution in [0.1, 0.15) is 44.9 Å². The molecule has 5 rings (SSSR count). The molecule has 4 aromatic rings. The van der Waals surface area contributed by atoms with E-state index in [-0.39, 0.29) is 31.0 Å². The predicted molar refractivity (Wildman–Crippen MR) is 178 cm³/mol. The Bertz CT molecular complexity index is 2030. The van der Waals surface area contributed by atoms with Gasteiger partial charge in [-0.25, -0.2) is 14.6 Å². The van der Waals surface area contributed by atoms with E-state index >= 15 is 0 Å². The number of methoxy groups -OCH3 is 1. The molecular formula is C34H33BrN2O8S. The van der Waals surface area contributed by atoms with E-state index in [0.29, 0.717) is 54.5 Å². The lowest BCUT2D eigenvalue weighted by Gasteiger charge is -2.26. The van der Waals surface area contributed by atoms with Crippen LogP contribution < -0.4 is 29.1 Å². The molecule has 2 heterocycles. The van der Waals surface area contributed by atoms with Gasteiger partial charge in [0.2, 0.25) is 0 Å². The Labute approximate surface area is 277 Å². The summed E-state index contributed by atoms with van der Waals surface area (Å²) in [7, 11) is 1.53. The second kappa shape index (κ2) is 14.3. The number of fused-ring (bicyclic) bond motifs is 2. The van der Waals surface area contributed by atoms with Gasteiger partial charge < -0.3 is 23.7 Å². The van der Waals surface area contributed by atoms with Crippen molar-refractivity contribution >= 4 is 56.1 Å². The van der Waals surface area contributed by atoms with Gasteiger partial charge in [0, 0.05) is 10.0 Å². The van der Waals surface area contributed by atoms with Crippen LogP contribution in [0.25, 0.3) is 16.8 Å². The molecule has 10 nitrogen and oxygen atoms in total. The van der Waals surface area contributed by atoms with Crippen LogP contribution in [0.2, 0.25) is 0 Å². The van der Waals surface area contributed by atoms with Gasteiger partial charge in [-0.2, -0.15) is 0 Å². The number of esters is 2. The molecule has 12 heteroatoms.